The van der Waals surface area contributed by atoms with Crippen molar-refractivity contribution in [2.45, 2.75) is 24.3 Å². The molecule has 0 aliphatic carbocycles. The molecule has 0 saturated heterocycles. The lowest BCUT2D eigenvalue weighted by atomic mass is 10.0. The highest BCUT2D eigenvalue weighted by atomic mass is 35.5. The maximum Gasteiger partial charge on any atom is 0.175 e. The number of halogens is 1. The predicted molar refractivity (Wildman–Crippen MR) is 91.0 cm³/mol. The van der Waals surface area contributed by atoms with Gasteiger partial charge in [-0.1, -0.05) is 29.7 Å². The number of sulfone groups is 1. The van der Waals surface area contributed by atoms with Gasteiger partial charge in [0.05, 0.1) is 9.92 Å². The molecule has 4 nitrogen and oxygen atoms in total. The van der Waals surface area contributed by atoms with E-state index in [2.05, 4.69) is 16.8 Å². The van der Waals surface area contributed by atoms with E-state index in [1.165, 1.54) is 18.3 Å². The number of aromatic nitrogens is 1. The zero-order valence-corrected chi connectivity index (χ0v) is 14.5. The molecule has 0 aliphatic heterocycles. The number of pyridine rings is 1. The first-order chi connectivity index (χ1) is 10.6. The molecule has 2 aromatic rings. The van der Waals surface area contributed by atoms with Crippen LogP contribution in [0.15, 0.2) is 41.4 Å². The molecule has 120 valence electrons. The third-order valence-corrected chi connectivity index (χ3v) is 4.27. The largest absolute Gasteiger partial charge is 0.378 e. The normalized spacial score (nSPS) is 11.7. The summed E-state index contributed by atoms with van der Waals surface area (Å²) in [6, 6.07) is 8.12. The van der Waals surface area contributed by atoms with Crippen LogP contribution in [-0.2, 0) is 9.84 Å². The van der Waals surface area contributed by atoms with Crippen molar-refractivity contribution in [1.29, 1.82) is 0 Å². The second kappa shape index (κ2) is 6.32. The second-order valence-electron chi connectivity index (χ2n) is 5.66. The monoisotopic (exact) mass is 349 g/mol. The molecule has 0 radical (unpaired) electrons. The SMILES string of the molecule is CC(C)(O)C#Cc1ncc(Cl)cc1-c1ccc(S(C)(=O)=O)cc1. The number of hydrogen-bond donors (Lipinski definition) is 1. The van der Waals surface area contributed by atoms with Crippen molar-refractivity contribution in [2.75, 3.05) is 6.26 Å². The Labute approximate surface area is 141 Å². The van der Waals surface area contributed by atoms with Crippen molar-refractivity contribution in [2.24, 2.45) is 0 Å². The van der Waals surface area contributed by atoms with Gasteiger partial charge >= 0.3 is 0 Å². The zero-order chi connectivity index (χ0) is 17.3. The van der Waals surface area contributed by atoms with E-state index in [1.807, 2.05) is 0 Å². The molecular formula is C17H16ClNO3S. The Morgan fingerprint density at radius 1 is 1.22 bits per heavy atom. The fourth-order valence-electron chi connectivity index (χ4n) is 1.85. The van der Waals surface area contributed by atoms with Crippen LogP contribution >= 0.6 is 11.6 Å². The number of benzene rings is 1. The van der Waals surface area contributed by atoms with Gasteiger partial charge < -0.3 is 5.11 Å². The smallest absolute Gasteiger partial charge is 0.175 e. The van der Waals surface area contributed by atoms with Gasteiger partial charge in [-0.05, 0) is 43.5 Å². The molecule has 0 spiro atoms. The molecule has 1 aromatic carbocycles. The number of rotatable bonds is 2. The van der Waals surface area contributed by atoms with Gasteiger partial charge in [-0.25, -0.2) is 13.4 Å². The average Bonchev–Trinajstić information content (AvgIpc) is 2.44. The molecular weight excluding hydrogens is 334 g/mol. The van der Waals surface area contributed by atoms with E-state index in [0.717, 1.165) is 11.8 Å². The van der Waals surface area contributed by atoms with Crippen LogP contribution in [0, 0.1) is 11.8 Å². The zero-order valence-electron chi connectivity index (χ0n) is 13.0. The molecule has 1 N–H and O–H groups in total. The van der Waals surface area contributed by atoms with Crippen LogP contribution in [0.3, 0.4) is 0 Å². The van der Waals surface area contributed by atoms with Crippen molar-refractivity contribution in [1.82, 2.24) is 4.98 Å². The van der Waals surface area contributed by atoms with Crippen LogP contribution in [0.5, 0.6) is 0 Å². The van der Waals surface area contributed by atoms with Gasteiger partial charge in [-0.15, -0.1) is 0 Å². The number of hydrogen-bond acceptors (Lipinski definition) is 4. The van der Waals surface area contributed by atoms with Gasteiger partial charge in [0.15, 0.2) is 9.84 Å². The van der Waals surface area contributed by atoms with Crippen molar-refractivity contribution in [3.8, 4) is 23.0 Å². The first-order valence-electron chi connectivity index (χ1n) is 6.78. The lowest BCUT2D eigenvalue weighted by Gasteiger charge is -2.08. The van der Waals surface area contributed by atoms with Gasteiger partial charge in [0, 0.05) is 18.0 Å². The Morgan fingerprint density at radius 3 is 2.35 bits per heavy atom. The lowest BCUT2D eigenvalue weighted by Crippen LogP contribution is -2.14. The molecule has 6 heteroatoms. The van der Waals surface area contributed by atoms with E-state index < -0.39 is 15.4 Å². The Morgan fingerprint density at radius 2 is 1.83 bits per heavy atom. The molecule has 0 fully saturated rings. The van der Waals surface area contributed by atoms with Crippen LogP contribution in [0.4, 0.5) is 0 Å². The Balaban J connectivity index is 2.54. The van der Waals surface area contributed by atoms with Gasteiger partial charge in [0.1, 0.15) is 11.3 Å². The molecule has 0 bridgehead atoms. The first-order valence-corrected chi connectivity index (χ1v) is 9.05. The van der Waals surface area contributed by atoms with Gasteiger partial charge in [-0.3, -0.25) is 0 Å². The lowest BCUT2D eigenvalue weighted by molar-refractivity contribution is 0.143. The van der Waals surface area contributed by atoms with Crippen molar-refractivity contribution in [3.05, 3.63) is 47.2 Å². The molecule has 0 unspecified atom stereocenters. The van der Waals surface area contributed by atoms with Crippen LogP contribution in [0.1, 0.15) is 19.5 Å². The molecule has 0 atom stereocenters. The number of aliphatic hydroxyl groups is 1. The van der Waals surface area contributed by atoms with Gasteiger partial charge in [0.25, 0.3) is 0 Å². The summed E-state index contributed by atoms with van der Waals surface area (Å²) in [4.78, 5) is 4.43. The van der Waals surface area contributed by atoms with E-state index in [9.17, 15) is 13.5 Å². The summed E-state index contributed by atoms with van der Waals surface area (Å²) in [6.45, 7) is 3.16. The van der Waals surface area contributed by atoms with Gasteiger partial charge in [0.2, 0.25) is 0 Å². The topological polar surface area (TPSA) is 67.3 Å². The standard InChI is InChI=1S/C17H16ClNO3S/c1-17(2,20)9-8-16-15(10-13(18)11-19-16)12-4-6-14(7-5-12)23(3,21)22/h4-7,10-11,20H,1-3H3. The molecule has 0 saturated carbocycles. The third kappa shape index (κ3) is 4.80. The van der Waals surface area contributed by atoms with E-state index in [1.54, 1.807) is 32.0 Å². The minimum atomic E-state index is -3.25. The highest BCUT2D eigenvalue weighted by Gasteiger charge is 2.11. The van der Waals surface area contributed by atoms with E-state index in [-0.39, 0.29) is 4.90 Å². The summed E-state index contributed by atoms with van der Waals surface area (Å²) in [6.07, 6.45) is 2.63. The third-order valence-electron chi connectivity index (χ3n) is 2.93. The molecule has 0 amide bonds. The summed E-state index contributed by atoms with van der Waals surface area (Å²) in [5.74, 6) is 5.54. The first kappa shape index (κ1) is 17.5. The fourth-order valence-corrected chi connectivity index (χ4v) is 2.64. The van der Waals surface area contributed by atoms with Crippen LogP contribution in [0.25, 0.3) is 11.1 Å². The Kier molecular flexibility index (Phi) is 4.81. The average molecular weight is 350 g/mol. The molecule has 1 heterocycles. The predicted octanol–water partition coefficient (Wildman–Crippen LogP) is 2.93. The Bertz CT molecular complexity index is 886. The van der Waals surface area contributed by atoms with Crippen LogP contribution < -0.4 is 0 Å². The fraction of sp³-hybridized carbons (Fsp3) is 0.235. The minimum Gasteiger partial charge on any atom is -0.378 e. The molecule has 1 aromatic heterocycles. The maximum absolute atomic E-state index is 11.5. The van der Waals surface area contributed by atoms with Crippen LogP contribution in [0.2, 0.25) is 5.02 Å². The number of nitrogens with zero attached hydrogens (tertiary/aromatic N) is 1. The minimum absolute atomic E-state index is 0.236. The Hall–Kier alpha value is -1.87. The van der Waals surface area contributed by atoms with E-state index >= 15 is 0 Å². The van der Waals surface area contributed by atoms with E-state index in [4.69, 9.17) is 11.6 Å². The molecule has 2 rings (SSSR count). The summed E-state index contributed by atoms with van der Waals surface area (Å²) < 4.78 is 23.1. The van der Waals surface area contributed by atoms with Gasteiger partial charge in [-0.2, -0.15) is 0 Å². The molecule has 23 heavy (non-hydrogen) atoms. The van der Waals surface area contributed by atoms with Crippen molar-refractivity contribution >= 4 is 21.4 Å². The quantitative estimate of drug-likeness (QED) is 0.846. The molecule has 0 aliphatic rings. The summed E-state index contributed by atoms with van der Waals surface area (Å²) in [5, 5.41) is 10.2. The highest BCUT2D eigenvalue weighted by Crippen LogP contribution is 2.26. The van der Waals surface area contributed by atoms with Crippen molar-refractivity contribution < 1.29 is 13.5 Å². The second-order valence-corrected chi connectivity index (χ2v) is 8.11. The maximum atomic E-state index is 11.5. The summed E-state index contributed by atoms with van der Waals surface area (Å²) in [7, 11) is -3.25. The van der Waals surface area contributed by atoms with Crippen LogP contribution in [-0.4, -0.2) is 30.4 Å². The van der Waals surface area contributed by atoms with E-state index in [0.29, 0.717) is 16.3 Å². The highest BCUT2D eigenvalue weighted by molar-refractivity contribution is 7.90. The van der Waals surface area contributed by atoms with Crippen molar-refractivity contribution in [3.63, 3.8) is 0 Å². The summed E-state index contributed by atoms with van der Waals surface area (Å²) in [5.41, 5.74) is 0.740. The summed E-state index contributed by atoms with van der Waals surface area (Å²) >= 11 is 6.00.